The van der Waals surface area contributed by atoms with Gasteiger partial charge in [-0.25, -0.2) is 18.8 Å². The molecule has 1 saturated heterocycles. The molecule has 1 atom stereocenters. The van der Waals surface area contributed by atoms with Gasteiger partial charge in [0.1, 0.15) is 18.2 Å². The number of rotatable bonds is 8. The number of thiophene rings is 1. The molecule has 11 heteroatoms. The number of benzene rings is 1. The van der Waals surface area contributed by atoms with Crippen LogP contribution in [0.3, 0.4) is 0 Å². The minimum absolute atomic E-state index is 0.0630. The van der Waals surface area contributed by atoms with E-state index in [9.17, 15) is 18.8 Å². The lowest BCUT2D eigenvalue weighted by Gasteiger charge is -2.33. The number of aliphatic carboxylic acids is 2. The van der Waals surface area contributed by atoms with Crippen molar-refractivity contribution in [2.45, 2.75) is 26.0 Å². The Morgan fingerprint density at radius 2 is 1.97 bits per heavy atom. The molecular formula is C23H27FN2O7S. The molecule has 0 aliphatic carbocycles. The predicted molar refractivity (Wildman–Crippen MR) is 124 cm³/mol. The van der Waals surface area contributed by atoms with Gasteiger partial charge in [0.25, 0.3) is 0 Å². The molecule has 2 heterocycles. The smallest absolute Gasteiger partial charge is 0.410 e. The summed E-state index contributed by atoms with van der Waals surface area (Å²) in [5.41, 5.74) is 0.315. The van der Waals surface area contributed by atoms with Gasteiger partial charge >= 0.3 is 18.0 Å². The molecule has 0 saturated carbocycles. The van der Waals surface area contributed by atoms with Crippen molar-refractivity contribution >= 4 is 29.4 Å². The van der Waals surface area contributed by atoms with E-state index in [0.29, 0.717) is 36.6 Å². The van der Waals surface area contributed by atoms with Gasteiger partial charge in [0, 0.05) is 54.7 Å². The molecule has 0 bridgehead atoms. The van der Waals surface area contributed by atoms with Gasteiger partial charge < -0.3 is 29.9 Å². The summed E-state index contributed by atoms with van der Waals surface area (Å²) >= 11 is 1.68. The topological polar surface area (TPSA) is 125 Å². The predicted octanol–water partition coefficient (Wildman–Crippen LogP) is 3.15. The van der Waals surface area contributed by atoms with Crippen LogP contribution in [-0.4, -0.2) is 65.4 Å². The number of hydrogen-bond donors (Lipinski definition) is 3. The van der Waals surface area contributed by atoms with E-state index in [0.717, 1.165) is 19.5 Å². The Labute approximate surface area is 200 Å². The molecule has 3 N–H and O–H groups in total. The summed E-state index contributed by atoms with van der Waals surface area (Å²) < 4.78 is 25.0. The average molecular weight is 495 g/mol. The maximum atomic E-state index is 14.0. The fourth-order valence-electron chi connectivity index (χ4n) is 2.95. The second-order valence-electron chi connectivity index (χ2n) is 7.24. The summed E-state index contributed by atoms with van der Waals surface area (Å²) in [4.78, 5) is 34.2. The third-order valence-electron chi connectivity index (χ3n) is 4.67. The van der Waals surface area contributed by atoms with Crippen LogP contribution in [-0.2, 0) is 27.4 Å². The fourth-order valence-corrected chi connectivity index (χ4v) is 3.64. The van der Waals surface area contributed by atoms with Crippen molar-refractivity contribution in [1.29, 1.82) is 0 Å². The summed E-state index contributed by atoms with van der Waals surface area (Å²) in [5, 5.41) is 20.9. The number of carbonyl (C=O) groups is 3. The summed E-state index contributed by atoms with van der Waals surface area (Å²) in [6, 6.07) is 8.65. The quantitative estimate of drug-likeness (QED) is 0.478. The van der Waals surface area contributed by atoms with Crippen LogP contribution >= 0.6 is 11.3 Å². The van der Waals surface area contributed by atoms with Crippen molar-refractivity contribution in [3.8, 4) is 5.75 Å². The molecule has 2 aromatic rings. The molecule has 0 spiro atoms. The Bertz CT molecular complexity index is 966. The SMILES string of the molecule is C[C@@H]1CNCCN1C(=O)OCc1cc(OCCc2cccs2)ccc1F.O=C(O)C=CC(=O)O. The average Bonchev–Trinajstić information content (AvgIpc) is 3.32. The van der Waals surface area contributed by atoms with Crippen molar-refractivity contribution < 1.29 is 38.5 Å². The minimum atomic E-state index is -1.26. The van der Waals surface area contributed by atoms with Gasteiger partial charge in [0.15, 0.2) is 0 Å². The number of carboxylic acid groups (broad SMARTS) is 2. The van der Waals surface area contributed by atoms with E-state index in [1.807, 2.05) is 18.4 Å². The number of halogens is 1. The Morgan fingerprint density at radius 1 is 1.24 bits per heavy atom. The zero-order valence-corrected chi connectivity index (χ0v) is 19.4. The molecule has 3 rings (SSSR count). The van der Waals surface area contributed by atoms with Crippen LogP contribution in [0.5, 0.6) is 5.75 Å². The number of piperazine rings is 1. The summed E-state index contributed by atoms with van der Waals surface area (Å²) in [6.07, 6.45) is 1.51. The van der Waals surface area contributed by atoms with Crippen molar-refractivity contribution in [2.75, 3.05) is 26.2 Å². The number of amides is 1. The highest BCUT2D eigenvalue weighted by Crippen LogP contribution is 2.19. The highest BCUT2D eigenvalue weighted by atomic mass is 32.1. The van der Waals surface area contributed by atoms with Crippen LogP contribution in [0.15, 0.2) is 47.9 Å². The zero-order valence-electron chi connectivity index (χ0n) is 18.6. The number of nitrogens with zero attached hydrogens (tertiary/aromatic N) is 1. The first-order valence-electron chi connectivity index (χ1n) is 10.5. The maximum Gasteiger partial charge on any atom is 0.410 e. The molecule has 1 aromatic carbocycles. The lowest BCUT2D eigenvalue weighted by atomic mass is 10.2. The number of ether oxygens (including phenoxy) is 2. The van der Waals surface area contributed by atoms with Gasteiger partial charge in [-0.05, 0) is 36.6 Å². The second kappa shape index (κ2) is 14.0. The molecule has 184 valence electrons. The monoisotopic (exact) mass is 494 g/mol. The summed E-state index contributed by atoms with van der Waals surface area (Å²) in [7, 11) is 0. The normalized spacial score (nSPS) is 15.4. The van der Waals surface area contributed by atoms with Gasteiger partial charge in [0.05, 0.1) is 6.61 Å². The first-order chi connectivity index (χ1) is 16.3. The Balaban J connectivity index is 0.000000440. The van der Waals surface area contributed by atoms with Crippen molar-refractivity contribution in [1.82, 2.24) is 10.2 Å². The van der Waals surface area contributed by atoms with Gasteiger partial charge in [-0.15, -0.1) is 11.3 Å². The lowest BCUT2D eigenvalue weighted by Crippen LogP contribution is -2.52. The molecule has 1 aliphatic heterocycles. The highest BCUT2D eigenvalue weighted by molar-refractivity contribution is 7.09. The molecule has 1 fully saturated rings. The molecular weight excluding hydrogens is 467 g/mol. The van der Waals surface area contributed by atoms with Crippen LogP contribution in [0.1, 0.15) is 17.4 Å². The molecule has 34 heavy (non-hydrogen) atoms. The summed E-state index contributed by atoms with van der Waals surface area (Å²) in [6.45, 7) is 4.43. The Hall–Kier alpha value is -3.44. The highest BCUT2D eigenvalue weighted by Gasteiger charge is 2.24. The largest absolute Gasteiger partial charge is 0.493 e. The maximum absolute atomic E-state index is 14.0. The Kier molecular flexibility index (Phi) is 11.0. The third kappa shape index (κ3) is 9.59. The molecule has 1 amide bonds. The fraction of sp³-hybridized carbons (Fsp3) is 0.348. The molecule has 0 radical (unpaired) electrons. The molecule has 1 aliphatic rings. The Morgan fingerprint density at radius 3 is 2.59 bits per heavy atom. The van der Waals surface area contributed by atoms with Gasteiger partial charge in [-0.3, -0.25) is 0 Å². The van der Waals surface area contributed by atoms with Gasteiger partial charge in [-0.1, -0.05) is 6.07 Å². The van der Waals surface area contributed by atoms with Crippen molar-refractivity contribution in [3.63, 3.8) is 0 Å². The van der Waals surface area contributed by atoms with E-state index in [1.165, 1.54) is 10.9 Å². The minimum Gasteiger partial charge on any atom is -0.493 e. The first kappa shape index (κ1) is 26.8. The van der Waals surface area contributed by atoms with E-state index in [1.54, 1.807) is 28.4 Å². The van der Waals surface area contributed by atoms with Crippen LogP contribution in [0, 0.1) is 5.82 Å². The van der Waals surface area contributed by atoms with Gasteiger partial charge in [-0.2, -0.15) is 0 Å². The molecule has 0 unspecified atom stereocenters. The van der Waals surface area contributed by atoms with Crippen LogP contribution < -0.4 is 10.1 Å². The summed E-state index contributed by atoms with van der Waals surface area (Å²) in [5.74, 6) is -2.35. The van der Waals surface area contributed by atoms with Crippen molar-refractivity contribution in [2.24, 2.45) is 0 Å². The first-order valence-corrected chi connectivity index (χ1v) is 11.4. The zero-order chi connectivity index (χ0) is 24.9. The van der Waals surface area contributed by atoms with E-state index in [4.69, 9.17) is 19.7 Å². The number of carboxylic acids is 2. The van der Waals surface area contributed by atoms with Gasteiger partial charge in [0.2, 0.25) is 0 Å². The van der Waals surface area contributed by atoms with E-state index in [2.05, 4.69) is 11.4 Å². The molecule has 1 aromatic heterocycles. The van der Waals surface area contributed by atoms with Crippen LogP contribution in [0.25, 0.3) is 0 Å². The second-order valence-corrected chi connectivity index (χ2v) is 8.27. The number of carbonyl (C=O) groups excluding carboxylic acids is 1. The molecule has 9 nitrogen and oxygen atoms in total. The van der Waals surface area contributed by atoms with E-state index in [-0.39, 0.29) is 12.6 Å². The number of hydrogen-bond acceptors (Lipinski definition) is 7. The van der Waals surface area contributed by atoms with E-state index < -0.39 is 23.8 Å². The third-order valence-corrected chi connectivity index (χ3v) is 5.61. The standard InChI is InChI=1S/C19H23FN2O3S.C4H4O4/c1-14-12-21-7-8-22(14)19(23)25-13-15-11-16(4-5-18(15)20)24-9-6-17-3-2-10-26-17;5-3(6)1-2-4(7)8/h2-5,10-11,14,21H,6-9,12-13H2,1H3;1-2H,(H,5,6)(H,7,8)/t14-;/m1./s1. The van der Waals surface area contributed by atoms with E-state index >= 15 is 0 Å². The number of nitrogens with one attached hydrogen (secondary N) is 1. The lowest BCUT2D eigenvalue weighted by molar-refractivity contribution is -0.134. The van der Waals surface area contributed by atoms with Crippen LogP contribution in [0.4, 0.5) is 9.18 Å². The van der Waals surface area contributed by atoms with Crippen molar-refractivity contribution in [3.05, 3.63) is 64.1 Å². The van der Waals surface area contributed by atoms with Crippen LogP contribution in [0.2, 0.25) is 0 Å².